The fourth-order valence-corrected chi connectivity index (χ4v) is 1.93. The van der Waals surface area contributed by atoms with Crippen LogP contribution < -0.4 is 5.32 Å². The lowest BCUT2D eigenvalue weighted by Gasteiger charge is -2.13. The van der Waals surface area contributed by atoms with Crippen molar-refractivity contribution in [2.24, 2.45) is 5.41 Å². The quantitative estimate of drug-likeness (QED) is 0.738. The Bertz CT molecular complexity index is 377. The first kappa shape index (κ1) is 11.7. The van der Waals surface area contributed by atoms with E-state index in [0.717, 1.165) is 24.9 Å². The molecule has 0 atom stereocenters. The van der Waals surface area contributed by atoms with Gasteiger partial charge in [-0.3, -0.25) is 0 Å². The smallest absolute Gasteiger partial charge is 0.138 e. The lowest BCUT2D eigenvalue weighted by atomic mass is 10.1. The number of para-hydroxylation sites is 1. The number of aliphatic hydroxyl groups is 1. The van der Waals surface area contributed by atoms with Crippen LogP contribution in [-0.4, -0.2) is 23.4 Å². The van der Waals surface area contributed by atoms with Gasteiger partial charge in [-0.25, -0.2) is 0 Å². The number of hydrogen-bond donors (Lipinski definition) is 3. The second kappa shape index (κ2) is 4.62. The van der Waals surface area contributed by atoms with Crippen LogP contribution in [0.5, 0.6) is 5.75 Å². The zero-order valence-corrected chi connectivity index (χ0v) is 9.80. The van der Waals surface area contributed by atoms with Gasteiger partial charge >= 0.3 is 0 Å². The number of halogens is 1. The average Bonchev–Trinajstić information content (AvgIpc) is 3.05. The van der Waals surface area contributed by atoms with Crippen molar-refractivity contribution in [2.45, 2.75) is 19.4 Å². The van der Waals surface area contributed by atoms with Crippen molar-refractivity contribution in [3.8, 4) is 5.75 Å². The molecule has 3 N–H and O–H groups in total. The minimum Gasteiger partial charge on any atom is -0.506 e. The molecule has 0 aliphatic heterocycles. The highest BCUT2D eigenvalue weighted by atomic mass is 35.5. The van der Waals surface area contributed by atoms with Gasteiger partial charge in [0.1, 0.15) is 5.75 Å². The van der Waals surface area contributed by atoms with E-state index in [2.05, 4.69) is 5.32 Å². The molecule has 1 aliphatic rings. The zero-order chi connectivity index (χ0) is 11.6. The number of aromatic hydroxyl groups is 1. The topological polar surface area (TPSA) is 52.5 Å². The molecule has 4 heteroatoms. The van der Waals surface area contributed by atoms with Crippen molar-refractivity contribution in [3.05, 3.63) is 28.8 Å². The number of aliphatic hydroxyl groups excluding tert-OH is 1. The maximum Gasteiger partial charge on any atom is 0.138 e. The molecule has 1 aliphatic carbocycles. The van der Waals surface area contributed by atoms with E-state index in [4.69, 9.17) is 16.7 Å². The number of benzene rings is 1. The van der Waals surface area contributed by atoms with E-state index in [-0.39, 0.29) is 17.8 Å². The maximum atomic E-state index is 9.68. The summed E-state index contributed by atoms with van der Waals surface area (Å²) >= 11 is 5.80. The molecule has 0 radical (unpaired) electrons. The van der Waals surface area contributed by atoms with E-state index in [1.54, 1.807) is 6.07 Å². The predicted octanol–water partition coefficient (Wildman–Crippen LogP) is 1.91. The molecule has 2 rings (SSSR count). The number of hydrogen-bond acceptors (Lipinski definition) is 3. The fourth-order valence-electron chi connectivity index (χ4n) is 1.73. The van der Waals surface area contributed by atoms with Crippen LogP contribution in [0.1, 0.15) is 18.4 Å². The predicted molar refractivity (Wildman–Crippen MR) is 63.6 cm³/mol. The first-order valence-electron chi connectivity index (χ1n) is 5.45. The van der Waals surface area contributed by atoms with Crippen LogP contribution in [-0.2, 0) is 6.54 Å². The molecular formula is C12H16ClNO2. The van der Waals surface area contributed by atoms with Crippen molar-refractivity contribution >= 4 is 11.6 Å². The van der Waals surface area contributed by atoms with Gasteiger partial charge in [-0.2, -0.15) is 0 Å². The molecule has 0 heterocycles. The summed E-state index contributed by atoms with van der Waals surface area (Å²) in [5.41, 5.74) is 0.884. The number of phenols is 1. The largest absolute Gasteiger partial charge is 0.506 e. The van der Waals surface area contributed by atoms with Gasteiger partial charge in [0.2, 0.25) is 0 Å². The molecule has 1 aromatic rings. The molecule has 1 saturated carbocycles. The minimum atomic E-state index is 0.0915. The highest BCUT2D eigenvalue weighted by Gasteiger charge is 2.41. The van der Waals surface area contributed by atoms with Crippen LogP contribution in [0.3, 0.4) is 0 Å². The zero-order valence-electron chi connectivity index (χ0n) is 9.04. The molecule has 1 aromatic carbocycles. The third kappa shape index (κ3) is 2.48. The van der Waals surface area contributed by atoms with E-state index >= 15 is 0 Å². The SMILES string of the molecule is OCC1(CNCc2cccc(Cl)c2O)CC1. The molecule has 0 bridgehead atoms. The average molecular weight is 242 g/mol. The molecule has 0 aromatic heterocycles. The van der Waals surface area contributed by atoms with Gasteiger partial charge < -0.3 is 15.5 Å². The summed E-state index contributed by atoms with van der Waals surface area (Å²) < 4.78 is 0. The Morgan fingerprint density at radius 2 is 2.12 bits per heavy atom. The van der Waals surface area contributed by atoms with Crippen molar-refractivity contribution in [1.29, 1.82) is 0 Å². The van der Waals surface area contributed by atoms with Crippen LogP contribution in [0, 0.1) is 5.41 Å². The van der Waals surface area contributed by atoms with Crippen LogP contribution >= 0.6 is 11.6 Å². The summed E-state index contributed by atoms with van der Waals surface area (Å²) in [6, 6.07) is 5.32. The molecule has 16 heavy (non-hydrogen) atoms. The first-order chi connectivity index (χ1) is 7.67. The molecule has 0 saturated heterocycles. The monoisotopic (exact) mass is 241 g/mol. The summed E-state index contributed by atoms with van der Waals surface area (Å²) in [6.45, 7) is 1.60. The van der Waals surface area contributed by atoms with Crippen molar-refractivity contribution in [3.63, 3.8) is 0 Å². The third-order valence-electron chi connectivity index (χ3n) is 3.18. The highest BCUT2D eigenvalue weighted by Crippen LogP contribution is 2.44. The third-order valence-corrected chi connectivity index (χ3v) is 3.48. The van der Waals surface area contributed by atoms with Crippen LogP contribution in [0.4, 0.5) is 0 Å². The molecular weight excluding hydrogens is 226 g/mol. The van der Waals surface area contributed by atoms with E-state index in [1.165, 1.54) is 0 Å². The lowest BCUT2D eigenvalue weighted by molar-refractivity contribution is 0.207. The van der Waals surface area contributed by atoms with Crippen molar-refractivity contribution in [2.75, 3.05) is 13.2 Å². The standard InChI is InChI=1S/C12H16ClNO2/c13-10-3-1-2-9(11(10)16)6-14-7-12(8-15)4-5-12/h1-3,14-16H,4-8H2. The van der Waals surface area contributed by atoms with Gasteiger partial charge in [0.05, 0.1) is 5.02 Å². The summed E-state index contributed by atoms with van der Waals surface area (Å²) in [5, 5.41) is 22.4. The van der Waals surface area contributed by atoms with Gasteiger partial charge in [-0.1, -0.05) is 23.7 Å². The summed E-state index contributed by atoms with van der Waals surface area (Å²) in [5.74, 6) is 0.144. The molecule has 0 spiro atoms. The Kier molecular flexibility index (Phi) is 3.38. The fraction of sp³-hybridized carbons (Fsp3) is 0.500. The second-order valence-corrected chi connectivity index (χ2v) is 4.92. The van der Waals surface area contributed by atoms with Crippen LogP contribution in [0.25, 0.3) is 0 Å². The second-order valence-electron chi connectivity index (χ2n) is 4.51. The normalized spacial score (nSPS) is 17.4. The summed E-state index contributed by atoms with van der Waals surface area (Å²) in [4.78, 5) is 0. The van der Waals surface area contributed by atoms with Crippen molar-refractivity contribution in [1.82, 2.24) is 5.32 Å². The Labute approximate surface area is 100 Å². The van der Waals surface area contributed by atoms with E-state index in [9.17, 15) is 5.11 Å². The van der Waals surface area contributed by atoms with Gasteiger partial charge in [0.25, 0.3) is 0 Å². The molecule has 1 fully saturated rings. The lowest BCUT2D eigenvalue weighted by Crippen LogP contribution is -2.26. The van der Waals surface area contributed by atoms with Gasteiger partial charge in [0.15, 0.2) is 0 Å². The van der Waals surface area contributed by atoms with E-state index in [0.29, 0.717) is 11.6 Å². The Morgan fingerprint density at radius 3 is 2.75 bits per heavy atom. The first-order valence-corrected chi connectivity index (χ1v) is 5.83. The Balaban J connectivity index is 1.88. The minimum absolute atomic E-state index is 0.0915. The van der Waals surface area contributed by atoms with Gasteiger partial charge in [-0.05, 0) is 18.9 Å². The number of phenolic OH excluding ortho intramolecular Hbond substituents is 1. The van der Waals surface area contributed by atoms with Gasteiger partial charge in [0, 0.05) is 30.7 Å². The molecule has 3 nitrogen and oxygen atoms in total. The number of nitrogens with one attached hydrogen (secondary N) is 1. The molecule has 0 unspecified atom stereocenters. The summed E-state index contributed by atoms with van der Waals surface area (Å²) in [7, 11) is 0. The van der Waals surface area contributed by atoms with Crippen molar-refractivity contribution < 1.29 is 10.2 Å². The van der Waals surface area contributed by atoms with Crippen LogP contribution in [0.15, 0.2) is 18.2 Å². The van der Waals surface area contributed by atoms with Gasteiger partial charge in [-0.15, -0.1) is 0 Å². The Morgan fingerprint density at radius 1 is 1.38 bits per heavy atom. The summed E-state index contributed by atoms with van der Waals surface area (Å²) in [6.07, 6.45) is 2.16. The maximum absolute atomic E-state index is 9.68. The highest BCUT2D eigenvalue weighted by molar-refractivity contribution is 6.32. The van der Waals surface area contributed by atoms with E-state index < -0.39 is 0 Å². The number of rotatable bonds is 5. The molecule has 88 valence electrons. The Hall–Kier alpha value is -0.770. The van der Waals surface area contributed by atoms with Crippen LogP contribution in [0.2, 0.25) is 5.02 Å². The molecule has 0 amide bonds. The van der Waals surface area contributed by atoms with E-state index in [1.807, 2.05) is 12.1 Å².